The SMILES string of the molecule is CN=C(NCCc1ccccc1F)NCC1(CCOC)CCCC1.I. The summed E-state index contributed by atoms with van der Waals surface area (Å²) in [6, 6.07) is 6.91. The molecule has 2 rings (SSSR count). The summed E-state index contributed by atoms with van der Waals surface area (Å²) in [6.45, 7) is 2.38. The predicted octanol–water partition coefficient (Wildman–Crippen LogP) is 3.75. The molecule has 0 unspecified atom stereocenters. The van der Waals surface area contributed by atoms with Gasteiger partial charge in [-0.25, -0.2) is 4.39 Å². The van der Waals surface area contributed by atoms with Gasteiger partial charge in [0.15, 0.2) is 5.96 Å². The molecule has 0 heterocycles. The number of nitrogens with zero attached hydrogens (tertiary/aromatic N) is 1. The lowest BCUT2D eigenvalue weighted by molar-refractivity contribution is 0.138. The summed E-state index contributed by atoms with van der Waals surface area (Å²) in [5.41, 5.74) is 1.05. The van der Waals surface area contributed by atoms with Crippen molar-refractivity contribution in [1.82, 2.24) is 10.6 Å². The van der Waals surface area contributed by atoms with Crippen LogP contribution in [-0.2, 0) is 11.2 Å². The number of hydrogen-bond acceptors (Lipinski definition) is 2. The van der Waals surface area contributed by atoms with Crippen LogP contribution in [0.1, 0.15) is 37.7 Å². The van der Waals surface area contributed by atoms with Gasteiger partial charge in [-0.15, -0.1) is 24.0 Å². The molecular formula is C19H31FIN3O. The zero-order valence-corrected chi connectivity index (χ0v) is 17.6. The monoisotopic (exact) mass is 463 g/mol. The number of hydrogen-bond donors (Lipinski definition) is 2. The molecule has 1 aromatic carbocycles. The topological polar surface area (TPSA) is 45.7 Å². The quantitative estimate of drug-likeness (QED) is 0.351. The summed E-state index contributed by atoms with van der Waals surface area (Å²) >= 11 is 0. The first-order valence-corrected chi connectivity index (χ1v) is 8.86. The minimum absolute atomic E-state index is 0. The van der Waals surface area contributed by atoms with E-state index in [4.69, 9.17) is 4.74 Å². The average molecular weight is 463 g/mol. The molecule has 6 heteroatoms. The largest absolute Gasteiger partial charge is 0.385 e. The maximum atomic E-state index is 13.6. The Morgan fingerprint density at radius 1 is 1.24 bits per heavy atom. The van der Waals surface area contributed by atoms with Crippen LogP contribution in [0.15, 0.2) is 29.3 Å². The van der Waals surface area contributed by atoms with E-state index >= 15 is 0 Å². The van der Waals surface area contributed by atoms with Crippen LogP contribution in [-0.4, -0.2) is 39.8 Å². The smallest absolute Gasteiger partial charge is 0.191 e. The van der Waals surface area contributed by atoms with Crippen LogP contribution in [0.5, 0.6) is 0 Å². The molecule has 0 spiro atoms. The van der Waals surface area contributed by atoms with Gasteiger partial charge < -0.3 is 15.4 Å². The maximum Gasteiger partial charge on any atom is 0.191 e. The van der Waals surface area contributed by atoms with Gasteiger partial charge in [0.1, 0.15) is 5.82 Å². The van der Waals surface area contributed by atoms with Crippen LogP contribution < -0.4 is 10.6 Å². The van der Waals surface area contributed by atoms with E-state index in [-0.39, 0.29) is 29.8 Å². The van der Waals surface area contributed by atoms with Gasteiger partial charge in [0.05, 0.1) is 0 Å². The third-order valence-corrected chi connectivity index (χ3v) is 5.00. The highest BCUT2D eigenvalue weighted by Crippen LogP contribution is 2.40. The zero-order valence-electron chi connectivity index (χ0n) is 15.3. The molecule has 1 aliphatic carbocycles. The number of nitrogens with one attached hydrogen (secondary N) is 2. The minimum Gasteiger partial charge on any atom is -0.385 e. The van der Waals surface area contributed by atoms with Crippen molar-refractivity contribution >= 4 is 29.9 Å². The van der Waals surface area contributed by atoms with Crippen LogP contribution >= 0.6 is 24.0 Å². The van der Waals surface area contributed by atoms with Gasteiger partial charge in [0.2, 0.25) is 0 Å². The van der Waals surface area contributed by atoms with Gasteiger partial charge >= 0.3 is 0 Å². The molecular weight excluding hydrogens is 432 g/mol. The normalized spacial score (nSPS) is 16.4. The van der Waals surface area contributed by atoms with Crippen molar-refractivity contribution < 1.29 is 9.13 Å². The number of guanidine groups is 1. The molecule has 0 radical (unpaired) electrons. The summed E-state index contributed by atoms with van der Waals surface area (Å²) in [5.74, 6) is 0.641. The summed E-state index contributed by atoms with van der Waals surface area (Å²) < 4.78 is 18.9. The minimum atomic E-state index is -0.147. The van der Waals surface area contributed by atoms with E-state index in [0.717, 1.165) is 31.1 Å². The van der Waals surface area contributed by atoms with Crippen molar-refractivity contribution in [3.8, 4) is 0 Å². The molecule has 0 bridgehead atoms. The lowest BCUT2D eigenvalue weighted by Crippen LogP contribution is -2.44. The summed E-state index contributed by atoms with van der Waals surface area (Å²) in [5, 5.41) is 6.73. The Bertz CT molecular complexity index is 533. The number of rotatable bonds is 8. The first-order valence-electron chi connectivity index (χ1n) is 8.86. The molecule has 1 saturated carbocycles. The molecule has 4 nitrogen and oxygen atoms in total. The van der Waals surface area contributed by atoms with E-state index in [1.807, 2.05) is 12.1 Å². The fourth-order valence-electron chi connectivity index (χ4n) is 3.47. The molecule has 1 fully saturated rings. The molecule has 25 heavy (non-hydrogen) atoms. The lowest BCUT2D eigenvalue weighted by Gasteiger charge is -2.30. The number of benzene rings is 1. The van der Waals surface area contributed by atoms with E-state index < -0.39 is 0 Å². The Morgan fingerprint density at radius 3 is 2.60 bits per heavy atom. The van der Waals surface area contributed by atoms with Crippen molar-refractivity contribution in [2.75, 3.05) is 33.9 Å². The second kappa shape index (κ2) is 11.7. The summed E-state index contributed by atoms with van der Waals surface area (Å²) in [6.07, 6.45) is 6.81. The number of methoxy groups -OCH3 is 1. The van der Waals surface area contributed by atoms with Crippen molar-refractivity contribution in [3.05, 3.63) is 35.6 Å². The van der Waals surface area contributed by atoms with Gasteiger partial charge in [-0.1, -0.05) is 31.0 Å². The van der Waals surface area contributed by atoms with Gasteiger partial charge in [0, 0.05) is 33.9 Å². The number of halogens is 2. The van der Waals surface area contributed by atoms with Gasteiger partial charge in [-0.3, -0.25) is 4.99 Å². The van der Waals surface area contributed by atoms with Crippen LogP contribution in [0.3, 0.4) is 0 Å². The Kier molecular flexibility index (Phi) is 10.3. The summed E-state index contributed by atoms with van der Waals surface area (Å²) in [7, 11) is 3.54. The van der Waals surface area contributed by atoms with Crippen molar-refractivity contribution in [2.24, 2.45) is 10.4 Å². The van der Waals surface area contributed by atoms with Gasteiger partial charge in [0.25, 0.3) is 0 Å². The summed E-state index contributed by atoms with van der Waals surface area (Å²) in [4.78, 5) is 4.28. The molecule has 0 aliphatic heterocycles. The van der Waals surface area contributed by atoms with Gasteiger partial charge in [-0.05, 0) is 42.7 Å². The van der Waals surface area contributed by atoms with E-state index in [2.05, 4.69) is 15.6 Å². The fraction of sp³-hybridized carbons (Fsp3) is 0.632. The average Bonchev–Trinajstić information content (AvgIpc) is 3.07. The first-order chi connectivity index (χ1) is 11.7. The van der Waals surface area contributed by atoms with Gasteiger partial charge in [-0.2, -0.15) is 0 Å². The van der Waals surface area contributed by atoms with Crippen molar-refractivity contribution in [1.29, 1.82) is 0 Å². The van der Waals surface area contributed by atoms with E-state index in [0.29, 0.717) is 18.4 Å². The molecule has 1 aromatic rings. The first kappa shape index (κ1) is 22.2. The van der Waals surface area contributed by atoms with E-state index in [1.54, 1.807) is 20.2 Å². The number of aliphatic imine (C=N–C) groups is 1. The highest BCUT2D eigenvalue weighted by molar-refractivity contribution is 14.0. The van der Waals surface area contributed by atoms with Crippen LogP contribution in [0, 0.1) is 11.2 Å². The third kappa shape index (κ3) is 7.09. The maximum absolute atomic E-state index is 13.6. The van der Waals surface area contributed by atoms with Crippen LogP contribution in [0.4, 0.5) is 4.39 Å². The zero-order chi connectivity index (χ0) is 17.3. The highest BCUT2D eigenvalue weighted by atomic mass is 127. The molecule has 1 aliphatic rings. The van der Waals surface area contributed by atoms with Crippen LogP contribution in [0.2, 0.25) is 0 Å². The molecule has 142 valence electrons. The standard InChI is InChI=1S/C19H30FN3O.HI/c1-21-18(22-13-9-16-7-3-4-8-17(16)20)23-15-19(12-14-24-2)10-5-6-11-19;/h3-4,7-8H,5-6,9-15H2,1-2H3,(H2,21,22,23);1H. The van der Waals surface area contributed by atoms with Crippen LogP contribution in [0.25, 0.3) is 0 Å². The van der Waals surface area contributed by atoms with Crippen molar-refractivity contribution in [3.63, 3.8) is 0 Å². The second-order valence-corrected chi connectivity index (χ2v) is 6.64. The Hall–Kier alpha value is -0.890. The molecule has 2 N–H and O–H groups in total. The van der Waals surface area contributed by atoms with Crippen molar-refractivity contribution in [2.45, 2.75) is 38.5 Å². The second-order valence-electron chi connectivity index (χ2n) is 6.64. The third-order valence-electron chi connectivity index (χ3n) is 5.00. The molecule has 0 aromatic heterocycles. The van der Waals surface area contributed by atoms with E-state index in [9.17, 15) is 4.39 Å². The molecule has 0 amide bonds. The molecule has 0 atom stereocenters. The predicted molar refractivity (Wildman–Crippen MR) is 112 cm³/mol. The Morgan fingerprint density at radius 2 is 1.96 bits per heavy atom. The fourth-order valence-corrected chi connectivity index (χ4v) is 3.47. The Balaban J connectivity index is 0.00000312. The lowest BCUT2D eigenvalue weighted by atomic mass is 9.83. The number of ether oxygens (including phenoxy) is 1. The highest BCUT2D eigenvalue weighted by Gasteiger charge is 2.33. The van der Waals surface area contributed by atoms with E-state index in [1.165, 1.54) is 31.7 Å². The Labute approximate surface area is 168 Å². The molecule has 0 saturated heterocycles.